The monoisotopic (exact) mass is 317 g/mol. The number of nitrogens with zero attached hydrogens (tertiary/aromatic N) is 1. The molecule has 1 heterocycles. The summed E-state index contributed by atoms with van der Waals surface area (Å²) >= 11 is -0.596. The Kier molecular flexibility index (Phi) is 4.91. The first-order chi connectivity index (χ1) is 10.7. The van der Waals surface area contributed by atoms with Crippen LogP contribution in [0.2, 0.25) is 0 Å². The number of methoxy groups -OCH3 is 1. The molecule has 0 aliphatic carbocycles. The third-order valence-electron chi connectivity index (χ3n) is 4.44. The SMILES string of the molecule is COc1ccc2cc(C(C)CN3CC[S+]([O-])CC3)ccc2c1. The van der Waals surface area contributed by atoms with Gasteiger partial charge in [-0.05, 0) is 34.4 Å². The fourth-order valence-corrected chi connectivity index (χ4v) is 4.15. The molecule has 1 unspecified atom stereocenters. The van der Waals surface area contributed by atoms with Gasteiger partial charge in [-0.3, -0.25) is 4.90 Å². The Balaban J connectivity index is 1.72. The lowest BCUT2D eigenvalue weighted by atomic mass is 9.97. The Labute approximate surface area is 135 Å². The maximum absolute atomic E-state index is 11.4. The summed E-state index contributed by atoms with van der Waals surface area (Å²) in [6.07, 6.45) is 0. The van der Waals surface area contributed by atoms with E-state index in [0.717, 1.165) is 36.9 Å². The molecule has 0 N–H and O–H groups in total. The number of hydrogen-bond acceptors (Lipinski definition) is 3. The summed E-state index contributed by atoms with van der Waals surface area (Å²) in [5.41, 5.74) is 1.37. The molecule has 3 rings (SSSR count). The van der Waals surface area contributed by atoms with Crippen LogP contribution in [0.25, 0.3) is 10.8 Å². The molecule has 0 bridgehead atoms. The van der Waals surface area contributed by atoms with Crippen LogP contribution in [0.15, 0.2) is 36.4 Å². The molecule has 1 aliphatic rings. The first-order valence-electron chi connectivity index (χ1n) is 7.81. The molecule has 2 aromatic carbocycles. The van der Waals surface area contributed by atoms with Gasteiger partial charge in [-0.15, -0.1) is 0 Å². The Morgan fingerprint density at radius 1 is 1.14 bits per heavy atom. The van der Waals surface area contributed by atoms with Crippen molar-refractivity contribution in [2.45, 2.75) is 12.8 Å². The Bertz CT molecular complexity index is 638. The molecule has 1 aliphatic heterocycles. The number of fused-ring (bicyclic) bond motifs is 1. The maximum atomic E-state index is 11.4. The van der Waals surface area contributed by atoms with Gasteiger partial charge in [0.15, 0.2) is 0 Å². The van der Waals surface area contributed by atoms with E-state index in [1.165, 1.54) is 16.3 Å². The van der Waals surface area contributed by atoms with Crippen molar-refractivity contribution >= 4 is 21.9 Å². The minimum Gasteiger partial charge on any atom is -0.616 e. The van der Waals surface area contributed by atoms with Crippen molar-refractivity contribution < 1.29 is 9.29 Å². The van der Waals surface area contributed by atoms with E-state index in [9.17, 15) is 4.55 Å². The number of hydrogen-bond donors (Lipinski definition) is 0. The van der Waals surface area contributed by atoms with Gasteiger partial charge in [0.25, 0.3) is 0 Å². The van der Waals surface area contributed by atoms with Gasteiger partial charge >= 0.3 is 0 Å². The van der Waals surface area contributed by atoms with Gasteiger partial charge in [0, 0.05) is 19.6 Å². The molecular weight excluding hydrogens is 294 g/mol. The summed E-state index contributed by atoms with van der Waals surface area (Å²) in [7, 11) is 1.70. The molecule has 0 radical (unpaired) electrons. The molecule has 118 valence electrons. The molecule has 2 aromatic rings. The normalized spacial score (nSPS) is 18.5. The van der Waals surface area contributed by atoms with E-state index in [4.69, 9.17) is 4.74 Å². The molecule has 0 spiro atoms. The third-order valence-corrected chi connectivity index (χ3v) is 5.72. The smallest absolute Gasteiger partial charge is 0.119 e. The van der Waals surface area contributed by atoms with E-state index >= 15 is 0 Å². The zero-order valence-corrected chi connectivity index (χ0v) is 14.1. The highest BCUT2D eigenvalue weighted by molar-refractivity contribution is 7.91. The topological polar surface area (TPSA) is 35.5 Å². The van der Waals surface area contributed by atoms with Crippen LogP contribution >= 0.6 is 0 Å². The van der Waals surface area contributed by atoms with E-state index in [0.29, 0.717) is 5.92 Å². The molecule has 0 saturated carbocycles. The minimum absolute atomic E-state index is 0.484. The summed E-state index contributed by atoms with van der Waals surface area (Å²) in [6.45, 7) is 5.23. The number of benzene rings is 2. The highest BCUT2D eigenvalue weighted by atomic mass is 32.2. The van der Waals surface area contributed by atoms with Crippen molar-refractivity contribution in [1.82, 2.24) is 4.90 Å². The Morgan fingerprint density at radius 3 is 2.55 bits per heavy atom. The van der Waals surface area contributed by atoms with Crippen LogP contribution in [-0.4, -0.2) is 47.7 Å². The summed E-state index contributed by atoms with van der Waals surface area (Å²) < 4.78 is 16.7. The summed E-state index contributed by atoms with van der Waals surface area (Å²) in [5, 5.41) is 2.47. The van der Waals surface area contributed by atoms with E-state index < -0.39 is 11.2 Å². The predicted octanol–water partition coefficient (Wildman–Crippen LogP) is 3.02. The molecule has 3 nitrogen and oxygen atoms in total. The van der Waals surface area contributed by atoms with E-state index in [-0.39, 0.29) is 0 Å². The van der Waals surface area contributed by atoms with E-state index in [1.807, 2.05) is 6.07 Å². The molecule has 4 heteroatoms. The first kappa shape index (κ1) is 15.7. The predicted molar refractivity (Wildman–Crippen MR) is 93.2 cm³/mol. The fourth-order valence-electron chi connectivity index (χ4n) is 3.03. The van der Waals surface area contributed by atoms with Gasteiger partial charge in [0.1, 0.15) is 17.3 Å². The third kappa shape index (κ3) is 3.57. The largest absolute Gasteiger partial charge is 0.616 e. The minimum atomic E-state index is -0.596. The van der Waals surface area contributed by atoms with E-state index in [1.54, 1.807) is 7.11 Å². The highest BCUT2D eigenvalue weighted by Crippen LogP contribution is 2.25. The second-order valence-corrected chi connectivity index (χ2v) is 7.72. The van der Waals surface area contributed by atoms with Crippen molar-refractivity contribution in [1.29, 1.82) is 0 Å². The van der Waals surface area contributed by atoms with E-state index in [2.05, 4.69) is 42.2 Å². The van der Waals surface area contributed by atoms with Gasteiger partial charge in [-0.1, -0.05) is 42.4 Å². The zero-order chi connectivity index (χ0) is 15.5. The zero-order valence-electron chi connectivity index (χ0n) is 13.2. The molecule has 0 amide bonds. The number of rotatable bonds is 4. The van der Waals surface area contributed by atoms with Crippen molar-refractivity contribution in [2.24, 2.45) is 0 Å². The van der Waals surface area contributed by atoms with Crippen LogP contribution in [0.4, 0.5) is 0 Å². The number of ether oxygens (including phenoxy) is 1. The quantitative estimate of drug-likeness (QED) is 0.813. The van der Waals surface area contributed by atoms with Gasteiger partial charge < -0.3 is 9.29 Å². The van der Waals surface area contributed by atoms with Crippen LogP contribution in [0.3, 0.4) is 0 Å². The molecule has 0 aromatic heterocycles. The van der Waals surface area contributed by atoms with Crippen LogP contribution < -0.4 is 4.74 Å². The molecule has 1 atom stereocenters. The summed E-state index contributed by atoms with van der Waals surface area (Å²) in [4.78, 5) is 2.43. The van der Waals surface area contributed by atoms with Crippen LogP contribution in [0, 0.1) is 0 Å². The standard InChI is InChI=1S/C18H23NO2S/c1-14(13-19-7-9-22(20)10-8-19)15-3-4-17-12-18(21-2)6-5-16(17)11-15/h3-6,11-12,14H,7-10,13H2,1-2H3. The molecule has 1 fully saturated rings. The van der Waals surface area contributed by atoms with Crippen molar-refractivity contribution in [3.63, 3.8) is 0 Å². The maximum Gasteiger partial charge on any atom is 0.119 e. The van der Waals surface area contributed by atoms with Gasteiger partial charge in [-0.2, -0.15) is 0 Å². The average molecular weight is 317 g/mol. The molecule has 22 heavy (non-hydrogen) atoms. The van der Waals surface area contributed by atoms with Crippen molar-refractivity contribution in [3.05, 3.63) is 42.0 Å². The van der Waals surface area contributed by atoms with Crippen LogP contribution in [0.1, 0.15) is 18.4 Å². The first-order valence-corrected chi connectivity index (χ1v) is 9.29. The average Bonchev–Trinajstić information content (AvgIpc) is 2.56. The Morgan fingerprint density at radius 2 is 1.82 bits per heavy atom. The second kappa shape index (κ2) is 6.90. The lowest BCUT2D eigenvalue weighted by Gasteiger charge is -2.30. The fraction of sp³-hybridized carbons (Fsp3) is 0.444. The van der Waals surface area contributed by atoms with Gasteiger partial charge in [0.2, 0.25) is 0 Å². The summed E-state index contributed by atoms with van der Waals surface area (Å²) in [5.74, 6) is 3.03. The lowest BCUT2D eigenvalue weighted by Crippen LogP contribution is -2.41. The van der Waals surface area contributed by atoms with Gasteiger partial charge in [-0.25, -0.2) is 0 Å². The van der Waals surface area contributed by atoms with Crippen molar-refractivity contribution in [2.75, 3.05) is 38.2 Å². The lowest BCUT2D eigenvalue weighted by molar-refractivity contribution is 0.281. The molecular formula is C18H23NO2S. The van der Waals surface area contributed by atoms with Crippen molar-refractivity contribution in [3.8, 4) is 5.75 Å². The highest BCUT2D eigenvalue weighted by Gasteiger charge is 2.21. The summed E-state index contributed by atoms with van der Waals surface area (Å²) in [6, 6.07) is 12.9. The van der Waals surface area contributed by atoms with Crippen LogP contribution in [0.5, 0.6) is 5.75 Å². The Hall–Kier alpha value is -1.23. The van der Waals surface area contributed by atoms with Gasteiger partial charge in [0.05, 0.1) is 7.11 Å². The molecule has 1 saturated heterocycles. The second-order valence-electron chi connectivity index (χ2n) is 6.02. The van der Waals surface area contributed by atoms with Crippen LogP contribution in [-0.2, 0) is 11.2 Å².